The minimum absolute atomic E-state index is 0.511. The van der Waals surface area contributed by atoms with Crippen molar-refractivity contribution in [2.24, 2.45) is 5.41 Å². The van der Waals surface area contributed by atoms with E-state index in [2.05, 4.69) is 38.1 Å². The van der Waals surface area contributed by atoms with Gasteiger partial charge in [0.15, 0.2) is 0 Å². The average molecular weight is 276 g/mol. The van der Waals surface area contributed by atoms with E-state index in [0.717, 1.165) is 6.61 Å². The topological polar surface area (TPSA) is 9.23 Å². The van der Waals surface area contributed by atoms with Crippen LogP contribution in [-0.2, 0) is 11.2 Å². The highest BCUT2D eigenvalue weighted by Crippen LogP contribution is 2.39. The van der Waals surface area contributed by atoms with Crippen molar-refractivity contribution in [1.82, 2.24) is 0 Å². The Morgan fingerprint density at radius 2 is 1.95 bits per heavy atom. The molecule has 3 rings (SSSR count). The van der Waals surface area contributed by atoms with Crippen LogP contribution in [-0.4, -0.2) is 18.0 Å². The molecule has 1 nitrogen and oxygen atoms in total. The van der Waals surface area contributed by atoms with Crippen molar-refractivity contribution in [2.45, 2.75) is 62.2 Å². The predicted molar refractivity (Wildman–Crippen MR) is 81.8 cm³/mol. The van der Waals surface area contributed by atoms with Crippen molar-refractivity contribution < 1.29 is 4.74 Å². The lowest BCUT2D eigenvalue weighted by Crippen LogP contribution is -2.28. The molecule has 0 amide bonds. The van der Waals surface area contributed by atoms with E-state index in [0.29, 0.717) is 16.8 Å². The van der Waals surface area contributed by atoms with E-state index in [-0.39, 0.29) is 0 Å². The molecule has 2 aliphatic rings. The molecule has 2 heteroatoms. The highest BCUT2D eigenvalue weighted by atomic mass is 32.2. The standard InChI is InChI=1S/C17H24OS/c1-17(2)9-7-14(8-10-17)18-12-15-11-13-5-3-4-6-16(13)19-15/h3-6,14-15H,7-12H2,1-2H3. The van der Waals surface area contributed by atoms with Gasteiger partial charge in [-0.2, -0.15) is 0 Å². The quantitative estimate of drug-likeness (QED) is 0.792. The summed E-state index contributed by atoms with van der Waals surface area (Å²) < 4.78 is 6.17. The highest BCUT2D eigenvalue weighted by Gasteiger charge is 2.28. The maximum Gasteiger partial charge on any atom is 0.0595 e. The van der Waals surface area contributed by atoms with Crippen LogP contribution >= 0.6 is 11.8 Å². The van der Waals surface area contributed by atoms with Gasteiger partial charge < -0.3 is 4.74 Å². The summed E-state index contributed by atoms with van der Waals surface area (Å²) in [5, 5.41) is 0.632. The second-order valence-electron chi connectivity index (χ2n) is 6.75. The van der Waals surface area contributed by atoms with Crippen molar-refractivity contribution in [3.8, 4) is 0 Å². The van der Waals surface area contributed by atoms with Gasteiger partial charge in [-0.1, -0.05) is 32.0 Å². The summed E-state index contributed by atoms with van der Waals surface area (Å²) in [7, 11) is 0. The summed E-state index contributed by atoms with van der Waals surface area (Å²) in [6, 6.07) is 8.78. The molecule has 19 heavy (non-hydrogen) atoms. The Kier molecular flexibility index (Phi) is 3.91. The molecule has 1 unspecified atom stereocenters. The molecular weight excluding hydrogens is 252 g/mol. The second-order valence-corrected chi connectivity index (χ2v) is 8.09. The van der Waals surface area contributed by atoms with E-state index in [1.54, 1.807) is 0 Å². The van der Waals surface area contributed by atoms with Crippen molar-refractivity contribution in [2.75, 3.05) is 6.61 Å². The number of fused-ring (bicyclic) bond motifs is 1. The Morgan fingerprint density at radius 3 is 2.68 bits per heavy atom. The van der Waals surface area contributed by atoms with Crippen LogP contribution in [0.1, 0.15) is 45.1 Å². The van der Waals surface area contributed by atoms with Gasteiger partial charge in [-0.15, -0.1) is 11.8 Å². The summed E-state index contributed by atoms with van der Waals surface area (Å²) in [6.45, 7) is 5.68. The molecule has 1 aromatic rings. The molecule has 0 radical (unpaired) electrons. The normalized spacial score (nSPS) is 26.3. The number of rotatable bonds is 3. The van der Waals surface area contributed by atoms with Gasteiger partial charge >= 0.3 is 0 Å². The fraction of sp³-hybridized carbons (Fsp3) is 0.647. The number of thioether (sulfide) groups is 1. The molecule has 1 saturated carbocycles. The van der Waals surface area contributed by atoms with Crippen LogP contribution in [0.2, 0.25) is 0 Å². The first-order chi connectivity index (χ1) is 9.12. The lowest BCUT2D eigenvalue weighted by molar-refractivity contribution is 0.00546. The molecule has 1 atom stereocenters. The monoisotopic (exact) mass is 276 g/mol. The van der Waals surface area contributed by atoms with Gasteiger partial charge in [0.2, 0.25) is 0 Å². The Labute approximate surface area is 121 Å². The summed E-state index contributed by atoms with van der Waals surface area (Å²) >= 11 is 2.00. The number of hydrogen-bond acceptors (Lipinski definition) is 2. The smallest absolute Gasteiger partial charge is 0.0595 e. The largest absolute Gasteiger partial charge is 0.377 e. The van der Waals surface area contributed by atoms with Crippen molar-refractivity contribution >= 4 is 11.8 Å². The van der Waals surface area contributed by atoms with Crippen LogP contribution in [0, 0.1) is 5.41 Å². The van der Waals surface area contributed by atoms with Crippen molar-refractivity contribution in [3.05, 3.63) is 29.8 Å². The van der Waals surface area contributed by atoms with E-state index in [1.165, 1.54) is 42.6 Å². The van der Waals surface area contributed by atoms with Gasteiger partial charge in [0, 0.05) is 10.1 Å². The van der Waals surface area contributed by atoms with Crippen molar-refractivity contribution in [3.63, 3.8) is 0 Å². The van der Waals surface area contributed by atoms with Crippen molar-refractivity contribution in [1.29, 1.82) is 0 Å². The predicted octanol–water partition coefficient (Wildman–Crippen LogP) is 4.69. The number of hydrogen-bond donors (Lipinski definition) is 0. The molecule has 0 aromatic heterocycles. The lowest BCUT2D eigenvalue weighted by atomic mass is 9.76. The Hall–Kier alpha value is -0.470. The second kappa shape index (κ2) is 5.49. The maximum atomic E-state index is 6.17. The molecule has 1 fully saturated rings. The van der Waals surface area contributed by atoms with E-state index in [9.17, 15) is 0 Å². The van der Waals surface area contributed by atoms with E-state index >= 15 is 0 Å². The van der Waals surface area contributed by atoms with Gasteiger partial charge in [-0.05, 0) is 49.1 Å². The summed E-state index contributed by atoms with van der Waals surface area (Å²) in [4.78, 5) is 1.46. The highest BCUT2D eigenvalue weighted by molar-refractivity contribution is 8.00. The fourth-order valence-corrected chi connectivity index (χ4v) is 4.36. The molecule has 0 spiro atoms. The summed E-state index contributed by atoms with van der Waals surface area (Å²) in [5.74, 6) is 0. The van der Waals surface area contributed by atoms with Crippen LogP contribution in [0.4, 0.5) is 0 Å². The molecule has 0 saturated heterocycles. The molecule has 0 N–H and O–H groups in total. The van der Waals surface area contributed by atoms with Gasteiger partial charge in [-0.3, -0.25) is 0 Å². The third kappa shape index (κ3) is 3.35. The van der Waals surface area contributed by atoms with E-state index in [4.69, 9.17) is 4.74 Å². The fourth-order valence-electron chi connectivity index (χ4n) is 3.13. The Morgan fingerprint density at radius 1 is 1.21 bits per heavy atom. The molecule has 0 bridgehead atoms. The summed E-state index contributed by atoms with van der Waals surface area (Å²) in [6.07, 6.45) is 6.82. The SMILES string of the molecule is CC1(C)CCC(OCC2Cc3ccccc3S2)CC1. The number of ether oxygens (including phenoxy) is 1. The minimum Gasteiger partial charge on any atom is -0.377 e. The minimum atomic E-state index is 0.511. The zero-order valence-electron chi connectivity index (χ0n) is 12.0. The van der Waals surface area contributed by atoms with Crippen LogP contribution in [0.15, 0.2) is 29.2 Å². The molecule has 1 heterocycles. The van der Waals surface area contributed by atoms with Gasteiger partial charge in [-0.25, -0.2) is 0 Å². The molecule has 1 aliphatic heterocycles. The first kappa shape index (κ1) is 13.5. The average Bonchev–Trinajstić information content (AvgIpc) is 2.80. The number of benzene rings is 1. The van der Waals surface area contributed by atoms with Gasteiger partial charge in [0.05, 0.1) is 12.7 Å². The molecule has 1 aromatic carbocycles. The molecule has 104 valence electrons. The third-order valence-corrected chi connectivity index (χ3v) is 5.81. The molecular formula is C17H24OS. The van der Waals surface area contributed by atoms with Crippen LogP contribution in [0.5, 0.6) is 0 Å². The Bertz CT molecular complexity index is 406. The lowest BCUT2D eigenvalue weighted by Gasteiger charge is -2.34. The Balaban J connectivity index is 1.45. The van der Waals surface area contributed by atoms with Crippen LogP contribution < -0.4 is 0 Å². The van der Waals surface area contributed by atoms with E-state index in [1.807, 2.05) is 11.8 Å². The van der Waals surface area contributed by atoms with E-state index < -0.39 is 0 Å². The zero-order chi connectivity index (χ0) is 13.3. The maximum absolute atomic E-state index is 6.17. The van der Waals surface area contributed by atoms with Gasteiger partial charge in [0.1, 0.15) is 0 Å². The van der Waals surface area contributed by atoms with Crippen LogP contribution in [0.3, 0.4) is 0 Å². The first-order valence-corrected chi connectivity index (χ1v) is 8.36. The van der Waals surface area contributed by atoms with Gasteiger partial charge in [0.25, 0.3) is 0 Å². The van der Waals surface area contributed by atoms with Crippen LogP contribution in [0.25, 0.3) is 0 Å². The zero-order valence-corrected chi connectivity index (χ0v) is 12.8. The molecule has 1 aliphatic carbocycles. The summed E-state index contributed by atoms with van der Waals surface area (Å²) in [5.41, 5.74) is 2.05. The third-order valence-electron chi connectivity index (χ3n) is 4.52. The first-order valence-electron chi connectivity index (χ1n) is 7.49.